The third kappa shape index (κ3) is 1.66. The highest BCUT2D eigenvalue weighted by atomic mass is 79.9. The van der Waals surface area contributed by atoms with Gasteiger partial charge in [0.2, 0.25) is 0 Å². The van der Waals surface area contributed by atoms with E-state index in [2.05, 4.69) is 51.6 Å². The Kier molecular flexibility index (Phi) is 2.71. The molecule has 0 aliphatic rings. The van der Waals surface area contributed by atoms with Crippen molar-refractivity contribution in [3.8, 4) is 0 Å². The van der Waals surface area contributed by atoms with Crippen molar-refractivity contribution in [1.82, 2.24) is 4.98 Å². The fourth-order valence-corrected chi connectivity index (χ4v) is 2.92. The minimum Gasteiger partial charge on any atom is -0.388 e. The molecule has 1 heterocycles. The average molecular weight is 301 g/mol. The van der Waals surface area contributed by atoms with Crippen LogP contribution in [0.5, 0.6) is 0 Å². The Hall–Kier alpha value is -1.61. The number of nitrogens with zero attached hydrogens (tertiary/aromatic N) is 1. The fraction of sp³-hybridized carbons (Fsp3) is 0.133. The molecule has 0 spiro atoms. The van der Waals surface area contributed by atoms with E-state index in [0.29, 0.717) is 0 Å². The van der Waals surface area contributed by atoms with Gasteiger partial charge in [0.05, 0.1) is 5.52 Å². The second-order valence-electron chi connectivity index (χ2n) is 4.36. The number of benzene rings is 2. The molecule has 0 radical (unpaired) electrons. The molecule has 0 bridgehead atoms. The maximum atomic E-state index is 4.69. The largest absolute Gasteiger partial charge is 0.388 e. The van der Waals surface area contributed by atoms with Crippen molar-refractivity contribution >= 4 is 43.3 Å². The predicted octanol–water partition coefficient (Wildman–Crippen LogP) is 4.50. The third-order valence-corrected chi connectivity index (χ3v) is 3.82. The molecule has 0 amide bonds. The summed E-state index contributed by atoms with van der Waals surface area (Å²) < 4.78 is 1.10. The van der Waals surface area contributed by atoms with Gasteiger partial charge in [-0.15, -0.1) is 0 Å². The van der Waals surface area contributed by atoms with Crippen LogP contribution in [0, 0.1) is 6.92 Å². The number of aromatic nitrogens is 1. The Balaban J connectivity index is 2.58. The zero-order valence-electron chi connectivity index (χ0n) is 10.3. The lowest BCUT2D eigenvalue weighted by Gasteiger charge is -2.11. The van der Waals surface area contributed by atoms with E-state index in [1.807, 2.05) is 20.0 Å². The number of anilines is 1. The fourth-order valence-electron chi connectivity index (χ4n) is 2.34. The molecule has 0 aliphatic carbocycles. The molecule has 1 N–H and O–H groups in total. The van der Waals surface area contributed by atoms with Crippen LogP contribution in [0.3, 0.4) is 0 Å². The van der Waals surface area contributed by atoms with Crippen molar-refractivity contribution < 1.29 is 0 Å². The Morgan fingerprint density at radius 1 is 1.06 bits per heavy atom. The summed E-state index contributed by atoms with van der Waals surface area (Å²) in [7, 11) is 1.94. The Bertz CT molecular complexity index is 750. The normalized spacial score (nSPS) is 11.1. The zero-order chi connectivity index (χ0) is 12.7. The Labute approximate surface area is 114 Å². The van der Waals surface area contributed by atoms with Crippen LogP contribution in [0.2, 0.25) is 0 Å². The first-order valence-electron chi connectivity index (χ1n) is 5.87. The summed E-state index contributed by atoms with van der Waals surface area (Å²) in [5.74, 6) is 0. The van der Waals surface area contributed by atoms with Gasteiger partial charge in [0.25, 0.3) is 0 Å². The van der Waals surface area contributed by atoms with E-state index in [-0.39, 0.29) is 0 Å². The average Bonchev–Trinajstić information content (AvgIpc) is 2.39. The number of hydrogen-bond acceptors (Lipinski definition) is 2. The quantitative estimate of drug-likeness (QED) is 0.669. The van der Waals surface area contributed by atoms with Gasteiger partial charge >= 0.3 is 0 Å². The minimum atomic E-state index is 1.03. The monoisotopic (exact) mass is 300 g/mol. The lowest BCUT2D eigenvalue weighted by molar-refractivity contribution is 1.26. The summed E-state index contributed by atoms with van der Waals surface area (Å²) in [5, 5.41) is 6.77. The minimum absolute atomic E-state index is 1.03. The van der Waals surface area contributed by atoms with Gasteiger partial charge in [-0.2, -0.15) is 0 Å². The van der Waals surface area contributed by atoms with Gasteiger partial charge in [-0.3, -0.25) is 4.98 Å². The van der Waals surface area contributed by atoms with Crippen LogP contribution in [0.15, 0.2) is 40.9 Å². The Morgan fingerprint density at radius 2 is 1.78 bits per heavy atom. The van der Waals surface area contributed by atoms with E-state index in [9.17, 15) is 0 Å². The molecule has 2 nitrogen and oxygen atoms in total. The van der Waals surface area contributed by atoms with Crippen LogP contribution in [0.1, 0.15) is 5.69 Å². The molecule has 0 saturated heterocycles. The highest BCUT2D eigenvalue weighted by molar-refractivity contribution is 9.10. The van der Waals surface area contributed by atoms with Gasteiger partial charge in [-0.05, 0) is 24.4 Å². The zero-order valence-corrected chi connectivity index (χ0v) is 11.9. The SMILES string of the molecule is CNc1cc(C)nc2c1cc(Br)c1ccccc12. The van der Waals surface area contributed by atoms with Crippen molar-refractivity contribution in [2.24, 2.45) is 0 Å². The molecule has 3 aromatic rings. The number of rotatable bonds is 1. The number of pyridine rings is 1. The number of nitrogens with one attached hydrogen (secondary N) is 1. The summed E-state index contributed by atoms with van der Waals surface area (Å²) in [4.78, 5) is 4.69. The van der Waals surface area contributed by atoms with Crippen LogP contribution in [-0.2, 0) is 0 Å². The van der Waals surface area contributed by atoms with Crippen LogP contribution in [0.25, 0.3) is 21.7 Å². The second kappa shape index (κ2) is 4.25. The molecule has 3 heteroatoms. The lowest BCUT2D eigenvalue weighted by atomic mass is 10.0. The molecule has 0 unspecified atom stereocenters. The third-order valence-electron chi connectivity index (χ3n) is 3.17. The van der Waals surface area contributed by atoms with Crippen LogP contribution in [-0.4, -0.2) is 12.0 Å². The van der Waals surface area contributed by atoms with Gasteiger partial charge in [0, 0.05) is 33.7 Å². The molecule has 0 atom stereocenters. The van der Waals surface area contributed by atoms with E-state index in [1.54, 1.807) is 0 Å². The molecular weight excluding hydrogens is 288 g/mol. The van der Waals surface area contributed by atoms with Gasteiger partial charge in [0.1, 0.15) is 0 Å². The summed E-state index contributed by atoms with van der Waals surface area (Å²) in [5.41, 5.74) is 3.20. The predicted molar refractivity (Wildman–Crippen MR) is 81.2 cm³/mol. The highest BCUT2D eigenvalue weighted by Crippen LogP contribution is 2.34. The number of hydrogen-bond donors (Lipinski definition) is 1. The molecule has 0 fully saturated rings. The van der Waals surface area contributed by atoms with E-state index < -0.39 is 0 Å². The van der Waals surface area contributed by atoms with Crippen LogP contribution >= 0.6 is 15.9 Å². The summed E-state index contributed by atoms with van der Waals surface area (Å²) in [6.07, 6.45) is 0. The van der Waals surface area contributed by atoms with E-state index in [0.717, 1.165) is 26.8 Å². The number of fused-ring (bicyclic) bond motifs is 3. The van der Waals surface area contributed by atoms with Gasteiger partial charge in [-0.25, -0.2) is 0 Å². The van der Waals surface area contributed by atoms with E-state index in [4.69, 9.17) is 4.98 Å². The van der Waals surface area contributed by atoms with Crippen molar-refractivity contribution in [2.45, 2.75) is 6.92 Å². The smallest absolute Gasteiger partial charge is 0.0805 e. The molecule has 0 aliphatic heterocycles. The topological polar surface area (TPSA) is 24.9 Å². The second-order valence-corrected chi connectivity index (χ2v) is 5.22. The first-order valence-corrected chi connectivity index (χ1v) is 6.66. The number of aryl methyl sites for hydroxylation is 1. The molecule has 0 saturated carbocycles. The van der Waals surface area contributed by atoms with E-state index in [1.165, 1.54) is 10.8 Å². The lowest BCUT2D eigenvalue weighted by Crippen LogP contribution is -1.94. The molecule has 1 aromatic heterocycles. The summed E-state index contributed by atoms with van der Waals surface area (Å²) in [6, 6.07) is 12.5. The van der Waals surface area contributed by atoms with Crippen LogP contribution < -0.4 is 5.32 Å². The van der Waals surface area contributed by atoms with Crippen molar-refractivity contribution in [1.29, 1.82) is 0 Å². The van der Waals surface area contributed by atoms with Crippen LogP contribution in [0.4, 0.5) is 5.69 Å². The first-order chi connectivity index (χ1) is 8.70. The number of halogens is 1. The summed E-state index contributed by atoms with van der Waals surface area (Å²) >= 11 is 3.64. The first kappa shape index (κ1) is 11.5. The summed E-state index contributed by atoms with van der Waals surface area (Å²) in [6.45, 7) is 2.02. The van der Waals surface area contributed by atoms with Gasteiger partial charge < -0.3 is 5.32 Å². The van der Waals surface area contributed by atoms with E-state index >= 15 is 0 Å². The maximum Gasteiger partial charge on any atom is 0.0805 e. The standard InChI is InChI=1S/C15H13BrN2/c1-9-7-14(17-2)12-8-13(16)10-5-3-4-6-11(10)15(12)18-9/h3-8H,1-2H3,(H,17,18). The highest BCUT2D eigenvalue weighted by Gasteiger charge is 2.09. The molecule has 18 heavy (non-hydrogen) atoms. The molecule has 3 rings (SSSR count). The Morgan fingerprint density at radius 3 is 2.50 bits per heavy atom. The van der Waals surface area contributed by atoms with Crippen molar-refractivity contribution in [2.75, 3.05) is 12.4 Å². The molecule has 90 valence electrons. The van der Waals surface area contributed by atoms with Gasteiger partial charge in [-0.1, -0.05) is 40.2 Å². The maximum absolute atomic E-state index is 4.69. The molecule has 2 aromatic carbocycles. The van der Waals surface area contributed by atoms with Gasteiger partial charge in [0.15, 0.2) is 0 Å². The van der Waals surface area contributed by atoms with Crippen molar-refractivity contribution in [3.05, 3.63) is 46.6 Å². The molecular formula is C15H13BrN2. The van der Waals surface area contributed by atoms with Crippen molar-refractivity contribution in [3.63, 3.8) is 0 Å².